The molecule has 0 spiro atoms. The van der Waals surface area contributed by atoms with Gasteiger partial charge in [0.1, 0.15) is 0 Å². The summed E-state index contributed by atoms with van der Waals surface area (Å²) in [7, 11) is 0. The first-order chi connectivity index (χ1) is 7.12. The van der Waals surface area contributed by atoms with Crippen molar-refractivity contribution in [2.24, 2.45) is 5.41 Å². The lowest BCUT2D eigenvalue weighted by molar-refractivity contribution is 0.0318. The van der Waals surface area contributed by atoms with Gasteiger partial charge in [-0.25, -0.2) is 8.78 Å². The number of aliphatic hydroxyl groups excluding tert-OH is 1. The Morgan fingerprint density at radius 1 is 1.40 bits per heavy atom. The molecule has 0 aromatic heterocycles. The lowest BCUT2D eigenvalue weighted by atomic mass is 9.70. The first kappa shape index (κ1) is 13.2. The maximum atomic E-state index is 12.3. The van der Waals surface area contributed by atoms with Crippen molar-refractivity contribution >= 4 is 12.6 Å². The second kappa shape index (κ2) is 6.01. The van der Waals surface area contributed by atoms with E-state index in [9.17, 15) is 8.78 Å². The van der Waals surface area contributed by atoms with Crippen LogP contribution in [0.15, 0.2) is 0 Å². The zero-order chi connectivity index (χ0) is 11.3. The average Bonchev–Trinajstić information content (AvgIpc) is 2.10. The molecule has 1 aliphatic rings. The van der Waals surface area contributed by atoms with Crippen molar-refractivity contribution in [2.45, 2.75) is 25.7 Å². The molecule has 5 heteroatoms. The zero-order valence-electron chi connectivity index (χ0n) is 8.83. The van der Waals surface area contributed by atoms with E-state index in [2.05, 4.69) is 12.6 Å². The molecule has 1 N–H and O–H groups in total. The fourth-order valence-corrected chi connectivity index (χ4v) is 2.51. The smallest absolute Gasteiger partial charge is 0.251 e. The second-order valence-electron chi connectivity index (χ2n) is 4.36. The summed E-state index contributed by atoms with van der Waals surface area (Å²) in [5, 5.41) is 8.80. The molecule has 0 radical (unpaired) electrons. The van der Waals surface area contributed by atoms with Gasteiger partial charge >= 0.3 is 0 Å². The summed E-state index contributed by atoms with van der Waals surface area (Å²) in [4.78, 5) is 1.65. The largest absolute Gasteiger partial charge is 0.395 e. The van der Waals surface area contributed by atoms with E-state index in [0.717, 1.165) is 18.6 Å². The molecule has 0 aromatic rings. The Labute approximate surface area is 95.1 Å². The number of hydrogen-bond donors (Lipinski definition) is 2. The van der Waals surface area contributed by atoms with Crippen LogP contribution < -0.4 is 0 Å². The van der Waals surface area contributed by atoms with Crippen molar-refractivity contribution in [1.82, 2.24) is 4.90 Å². The summed E-state index contributed by atoms with van der Waals surface area (Å²) >= 11 is 4.29. The van der Waals surface area contributed by atoms with Crippen molar-refractivity contribution in [2.75, 3.05) is 32.0 Å². The topological polar surface area (TPSA) is 23.5 Å². The van der Waals surface area contributed by atoms with E-state index in [0.29, 0.717) is 13.1 Å². The summed E-state index contributed by atoms with van der Waals surface area (Å²) < 4.78 is 24.5. The van der Waals surface area contributed by atoms with Crippen LogP contribution in [0.1, 0.15) is 19.3 Å². The number of thiol groups is 1. The lowest BCUT2D eigenvalue weighted by Gasteiger charge is -2.44. The number of nitrogens with zero attached hydrogens (tertiary/aromatic N) is 1. The van der Waals surface area contributed by atoms with Crippen LogP contribution in [0.25, 0.3) is 0 Å². The van der Waals surface area contributed by atoms with Gasteiger partial charge < -0.3 is 5.11 Å². The molecule has 2 nitrogen and oxygen atoms in total. The Balaban J connectivity index is 2.41. The Morgan fingerprint density at radius 2 is 2.07 bits per heavy atom. The van der Waals surface area contributed by atoms with Gasteiger partial charge in [0.15, 0.2) is 0 Å². The summed E-state index contributed by atoms with van der Waals surface area (Å²) in [5.41, 5.74) is 0.118. The van der Waals surface area contributed by atoms with Crippen LogP contribution >= 0.6 is 12.6 Å². The Bertz CT molecular complexity index is 183. The molecule has 0 amide bonds. The molecule has 0 aliphatic heterocycles. The number of alkyl halides is 2. The quantitative estimate of drug-likeness (QED) is 0.660. The van der Waals surface area contributed by atoms with Gasteiger partial charge in [0.2, 0.25) is 0 Å². The molecule has 0 aromatic carbocycles. The van der Waals surface area contributed by atoms with Gasteiger partial charge in [-0.1, -0.05) is 6.42 Å². The van der Waals surface area contributed by atoms with Crippen LogP contribution in [0.4, 0.5) is 8.78 Å². The van der Waals surface area contributed by atoms with E-state index < -0.39 is 6.43 Å². The van der Waals surface area contributed by atoms with Crippen LogP contribution in [0.3, 0.4) is 0 Å². The highest BCUT2D eigenvalue weighted by atomic mass is 32.1. The molecular formula is C10H19F2NOS. The minimum atomic E-state index is -2.33. The van der Waals surface area contributed by atoms with Gasteiger partial charge in [-0.05, 0) is 24.0 Å². The third-order valence-electron chi connectivity index (χ3n) is 3.12. The van der Waals surface area contributed by atoms with Gasteiger partial charge in [-0.3, -0.25) is 4.90 Å². The van der Waals surface area contributed by atoms with Gasteiger partial charge in [0.25, 0.3) is 6.43 Å². The number of rotatable bonds is 7. The van der Waals surface area contributed by atoms with Gasteiger partial charge in [0.05, 0.1) is 13.2 Å². The monoisotopic (exact) mass is 239 g/mol. The van der Waals surface area contributed by atoms with Crippen LogP contribution in [0.5, 0.6) is 0 Å². The molecular weight excluding hydrogens is 220 g/mol. The molecule has 0 atom stereocenters. The molecule has 1 aliphatic carbocycles. The summed E-state index contributed by atoms with van der Waals surface area (Å²) in [6.07, 6.45) is 0.986. The first-order valence-electron chi connectivity index (χ1n) is 5.34. The number of hydrogen-bond acceptors (Lipinski definition) is 3. The molecule has 0 unspecified atom stereocenters. The van der Waals surface area contributed by atoms with E-state index in [4.69, 9.17) is 5.11 Å². The predicted octanol–water partition coefficient (Wildman–Crippen LogP) is 1.65. The van der Waals surface area contributed by atoms with Crippen LogP contribution in [-0.4, -0.2) is 48.4 Å². The molecule has 90 valence electrons. The van der Waals surface area contributed by atoms with E-state index >= 15 is 0 Å². The van der Waals surface area contributed by atoms with Crippen LogP contribution in [0, 0.1) is 5.41 Å². The second-order valence-corrected chi connectivity index (χ2v) is 4.68. The number of aliphatic hydroxyl groups is 1. The molecule has 0 heterocycles. The van der Waals surface area contributed by atoms with E-state index in [1.165, 1.54) is 6.42 Å². The maximum Gasteiger partial charge on any atom is 0.251 e. The normalized spacial score (nSPS) is 19.6. The minimum Gasteiger partial charge on any atom is -0.395 e. The van der Waals surface area contributed by atoms with Crippen molar-refractivity contribution in [1.29, 1.82) is 0 Å². The highest BCUT2D eigenvalue weighted by molar-refractivity contribution is 7.80. The minimum absolute atomic E-state index is 0.0601. The predicted molar refractivity (Wildman–Crippen MR) is 59.7 cm³/mol. The molecule has 0 saturated heterocycles. The summed E-state index contributed by atoms with van der Waals surface area (Å²) in [5.74, 6) is 0.748. The zero-order valence-corrected chi connectivity index (χ0v) is 9.73. The van der Waals surface area contributed by atoms with Crippen LogP contribution in [-0.2, 0) is 0 Å². The van der Waals surface area contributed by atoms with Crippen LogP contribution in [0.2, 0.25) is 0 Å². The summed E-state index contributed by atoms with van der Waals surface area (Å²) in [6, 6.07) is 0. The van der Waals surface area contributed by atoms with Crippen molar-refractivity contribution in [3.05, 3.63) is 0 Å². The third-order valence-corrected chi connectivity index (χ3v) is 3.79. The van der Waals surface area contributed by atoms with E-state index in [1.807, 2.05) is 0 Å². The van der Waals surface area contributed by atoms with E-state index in [-0.39, 0.29) is 18.6 Å². The highest BCUT2D eigenvalue weighted by Crippen LogP contribution is 2.42. The Morgan fingerprint density at radius 3 is 2.40 bits per heavy atom. The molecule has 1 saturated carbocycles. The standard InChI is InChI=1S/C10H19F2NOS/c11-9(12)6-13(4-5-14)7-10(8-15)2-1-3-10/h9,14-15H,1-8H2. The van der Waals surface area contributed by atoms with Gasteiger partial charge in [0, 0.05) is 13.1 Å². The van der Waals surface area contributed by atoms with Crippen molar-refractivity contribution < 1.29 is 13.9 Å². The van der Waals surface area contributed by atoms with Crippen molar-refractivity contribution in [3.63, 3.8) is 0 Å². The first-order valence-corrected chi connectivity index (χ1v) is 5.97. The van der Waals surface area contributed by atoms with Crippen molar-refractivity contribution in [3.8, 4) is 0 Å². The van der Waals surface area contributed by atoms with E-state index in [1.54, 1.807) is 4.90 Å². The SMILES string of the molecule is OCCN(CC(F)F)CC1(CS)CCC1. The molecule has 1 rings (SSSR count). The van der Waals surface area contributed by atoms with Gasteiger partial charge in [-0.2, -0.15) is 12.6 Å². The Hall–Kier alpha value is 0.130. The average molecular weight is 239 g/mol. The fourth-order valence-electron chi connectivity index (χ4n) is 2.09. The number of halogens is 2. The molecule has 15 heavy (non-hydrogen) atoms. The maximum absolute atomic E-state index is 12.3. The molecule has 0 bridgehead atoms. The third kappa shape index (κ3) is 3.89. The van der Waals surface area contributed by atoms with Gasteiger partial charge in [-0.15, -0.1) is 0 Å². The highest BCUT2D eigenvalue weighted by Gasteiger charge is 2.37. The summed E-state index contributed by atoms with van der Waals surface area (Å²) in [6.45, 7) is 0.673. The lowest BCUT2D eigenvalue weighted by Crippen LogP contribution is -2.46. The Kier molecular flexibility index (Phi) is 5.29. The fraction of sp³-hybridized carbons (Fsp3) is 1.00. The molecule has 1 fully saturated rings.